The van der Waals surface area contributed by atoms with Gasteiger partial charge in [-0.25, -0.2) is 0 Å². The summed E-state index contributed by atoms with van der Waals surface area (Å²) in [5.41, 5.74) is 0.0716. The van der Waals surface area contributed by atoms with Crippen LogP contribution in [0.25, 0.3) is 0 Å². The van der Waals surface area contributed by atoms with E-state index in [-0.39, 0.29) is 5.69 Å². The van der Waals surface area contributed by atoms with Gasteiger partial charge in [-0.2, -0.15) is 0 Å². The molecule has 0 N–H and O–H groups in total. The van der Waals surface area contributed by atoms with Crippen LogP contribution in [0.1, 0.15) is 0 Å². The van der Waals surface area contributed by atoms with Crippen LogP contribution in [-0.4, -0.2) is 4.92 Å². The fourth-order valence-corrected chi connectivity index (χ4v) is 2.87. The minimum Gasteiger partial charge on any atom is -0.258 e. The zero-order valence-electron chi connectivity index (χ0n) is 8.97. The minimum absolute atomic E-state index is 0.0716. The van der Waals surface area contributed by atoms with E-state index in [9.17, 15) is 10.1 Å². The van der Waals surface area contributed by atoms with Crippen molar-refractivity contribution in [3.05, 3.63) is 62.1 Å². The number of benzene rings is 2. The molecule has 0 heterocycles. The number of hydrogen-bond donors (Lipinski definition) is 0. The quantitative estimate of drug-likeness (QED) is 0.570. The second-order valence-electron chi connectivity index (χ2n) is 3.43. The molecule has 0 fully saturated rings. The summed E-state index contributed by atoms with van der Waals surface area (Å²) in [6.07, 6.45) is 0. The van der Waals surface area contributed by atoms with Crippen molar-refractivity contribution in [2.75, 3.05) is 0 Å². The largest absolute Gasteiger partial charge is 0.270 e. The second kappa shape index (κ2) is 5.73. The highest BCUT2D eigenvalue weighted by Gasteiger charge is 2.09. The summed E-state index contributed by atoms with van der Waals surface area (Å²) in [7, 11) is 0. The van der Waals surface area contributed by atoms with Crippen LogP contribution < -0.4 is 0 Å². The zero-order valence-corrected chi connectivity index (χ0v) is 12.1. The molecule has 2 aromatic carbocycles. The third-order valence-electron chi connectivity index (χ3n) is 2.17. The van der Waals surface area contributed by atoms with E-state index in [1.165, 1.54) is 23.9 Å². The molecule has 92 valence electrons. The fraction of sp³-hybridized carbons (Fsp3) is 0. The van der Waals surface area contributed by atoms with Crippen LogP contribution in [0.5, 0.6) is 0 Å². The van der Waals surface area contributed by atoms with Gasteiger partial charge in [-0.3, -0.25) is 10.1 Å². The summed E-state index contributed by atoms with van der Waals surface area (Å²) < 4.78 is 0.705. The Labute approximate surface area is 121 Å². The maximum atomic E-state index is 10.6. The van der Waals surface area contributed by atoms with Crippen molar-refractivity contribution in [3.63, 3.8) is 0 Å². The van der Waals surface area contributed by atoms with Gasteiger partial charge in [-0.05, 0) is 46.3 Å². The predicted octanol–water partition coefficient (Wildman–Crippen LogP) is 5.16. The Kier molecular flexibility index (Phi) is 4.27. The lowest BCUT2D eigenvalue weighted by Crippen LogP contribution is -1.87. The number of nitro benzene ring substituents is 1. The number of halogens is 2. The summed E-state index contributed by atoms with van der Waals surface area (Å²) >= 11 is 10.7. The molecule has 2 rings (SSSR count). The molecule has 0 saturated heterocycles. The molecule has 0 aliphatic carbocycles. The van der Waals surface area contributed by atoms with Crippen LogP contribution in [0, 0.1) is 10.1 Å². The molecule has 3 nitrogen and oxygen atoms in total. The zero-order chi connectivity index (χ0) is 13.1. The first-order chi connectivity index (χ1) is 8.56. The lowest BCUT2D eigenvalue weighted by molar-refractivity contribution is -0.385. The van der Waals surface area contributed by atoms with Gasteiger partial charge >= 0.3 is 0 Å². The highest BCUT2D eigenvalue weighted by molar-refractivity contribution is 9.10. The molecule has 0 saturated carbocycles. The van der Waals surface area contributed by atoms with Crippen molar-refractivity contribution >= 4 is 45.0 Å². The van der Waals surface area contributed by atoms with Gasteiger partial charge in [-0.1, -0.05) is 23.4 Å². The topological polar surface area (TPSA) is 43.1 Å². The van der Waals surface area contributed by atoms with Gasteiger partial charge in [0.2, 0.25) is 0 Å². The summed E-state index contributed by atoms with van der Waals surface area (Å²) in [6.45, 7) is 0. The molecule has 0 spiro atoms. The third-order valence-corrected chi connectivity index (χ3v) is 4.42. The highest BCUT2D eigenvalue weighted by atomic mass is 79.9. The number of rotatable bonds is 3. The van der Waals surface area contributed by atoms with Gasteiger partial charge in [-0.15, -0.1) is 0 Å². The standard InChI is InChI=1S/C12H7BrClNO2S/c13-11-7-9(15(16)17)3-6-12(11)18-10-4-1-8(14)2-5-10/h1-7H. The number of nitrogens with zero attached hydrogens (tertiary/aromatic N) is 1. The first kappa shape index (κ1) is 13.4. The molecule has 6 heteroatoms. The molecule has 0 unspecified atom stereocenters. The van der Waals surface area contributed by atoms with E-state index >= 15 is 0 Å². The van der Waals surface area contributed by atoms with E-state index in [2.05, 4.69) is 15.9 Å². The molecule has 2 aromatic rings. The molecule has 0 radical (unpaired) electrons. The average molecular weight is 345 g/mol. The second-order valence-corrected chi connectivity index (χ2v) is 5.83. The van der Waals surface area contributed by atoms with E-state index < -0.39 is 4.92 Å². The Hall–Kier alpha value is -1.04. The van der Waals surface area contributed by atoms with Crippen molar-refractivity contribution < 1.29 is 4.92 Å². The number of nitro groups is 1. The Morgan fingerprint density at radius 3 is 2.39 bits per heavy atom. The van der Waals surface area contributed by atoms with Crippen LogP contribution in [0.15, 0.2) is 56.7 Å². The maximum absolute atomic E-state index is 10.6. The Morgan fingerprint density at radius 2 is 1.83 bits per heavy atom. The van der Waals surface area contributed by atoms with E-state index in [1.54, 1.807) is 6.07 Å². The third kappa shape index (κ3) is 3.25. The van der Waals surface area contributed by atoms with E-state index in [0.717, 1.165) is 9.79 Å². The summed E-state index contributed by atoms with van der Waals surface area (Å²) in [5, 5.41) is 11.3. The lowest BCUT2D eigenvalue weighted by atomic mass is 10.3. The van der Waals surface area contributed by atoms with E-state index in [4.69, 9.17) is 11.6 Å². The van der Waals surface area contributed by atoms with E-state index in [0.29, 0.717) is 9.50 Å². The van der Waals surface area contributed by atoms with Crippen molar-refractivity contribution in [1.82, 2.24) is 0 Å². The SMILES string of the molecule is O=[N+]([O-])c1ccc(Sc2ccc(Cl)cc2)c(Br)c1. The van der Waals surface area contributed by atoms with Gasteiger partial charge in [0.1, 0.15) is 0 Å². The van der Waals surface area contributed by atoms with Gasteiger partial charge in [0.15, 0.2) is 0 Å². The average Bonchev–Trinajstić information content (AvgIpc) is 2.34. The summed E-state index contributed by atoms with van der Waals surface area (Å²) in [5.74, 6) is 0. The molecular formula is C12H7BrClNO2S. The molecule has 0 aromatic heterocycles. The van der Waals surface area contributed by atoms with Crippen LogP contribution in [0.4, 0.5) is 5.69 Å². The first-order valence-corrected chi connectivity index (χ1v) is 6.92. The van der Waals surface area contributed by atoms with Crippen LogP contribution in [0.2, 0.25) is 5.02 Å². The van der Waals surface area contributed by atoms with Gasteiger partial charge in [0.25, 0.3) is 5.69 Å². The van der Waals surface area contributed by atoms with Crippen molar-refractivity contribution in [2.45, 2.75) is 9.79 Å². The lowest BCUT2D eigenvalue weighted by Gasteiger charge is -2.04. The van der Waals surface area contributed by atoms with Gasteiger partial charge in [0.05, 0.1) is 4.92 Å². The van der Waals surface area contributed by atoms with Gasteiger partial charge in [0, 0.05) is 31.4 Å². The van der Waals surface area contributed by atoms with Crippen LogP contribution in [0.3, 0.4) is 0 Å². The van der Waals surface area contributed by atoms with Gasteiger partial charge < -0.3 is 0 Å². The predicted molar refractivity (Wildman–Crippen MR) is 76.4 cm³/mol. The van der Waals surface area contributed by atoms with Crippen molar-refractivity contribution in [2.24, 2.45) is 0 Å². The maximum Gasteiger partial charge on any atom is 0.270 e. The van der Waals surface area contributed by atoms with E-state index in [1.807, 2.05) is 24.3 Å². The Bertz CT molecular complexity index is 589. The minimum atomic E-state index is -0.415. The normalized spacial score (nSPS) is 10.3. The summed E-state index contributed by atoms with van der Waals surface area (Å²) in [4.78, 5) is 12.1. The Morgan fingerprint density at radius 1 is 1.17 bits per heavy atom. The van der Waals surface area contributed by atoms with Crippen molar-refractivity contribution in [1.29, 1.82) is 0 Å². The highest BCUT2D eigenvalue weighted by Crippen LogP contribution is 2.35. The molecule has 0 atom stereocenters. The molecule has 18 heavy (non-hydrogen) atoms. The molecular weight excluding hydrogens is 338 g/mol. The Balaban J connectivity index is 2.24. The molecule has 0 amide bonds. The first-order valence-electron chi connectivity index (χ1n) is 4.93. The smallest absolute Gasteiger partial charge is 0.258 e. The number of non-ortho nitro benzene ring substituents is 1. The monoisotopic (exact) mass is 343 g/mol. The van der Waals surface area contributed by atoms with Crippen LogP contribution >= 0.6 is 39.3 Å². The fourth-order valence-electron chi connectivity index (χ4n) is 1.32. The molecule has 0 aliphatic heterocycles. The molecule has 0 bridgehead atoms. The summed E-state index contributed by atoms with van der Waals surface area (Å²) in [6, 6.07) is 12.1. The molecule has 0 aliphatic rings. The van der Waals surface area contributed by atoms with Crippen molar-refractivity contribution in [3.8, 4) is 0 Å². The number of hydrogen-bond acceptors (Lipinski definition) is 3. The van der Waals surface area contributed by atoms with Crippen LogP contribution in [-0.2, 0) is 0 Å².